The van der Waals surface area contributed by atoms with Gasteiger partial charge < -0.3 is 14.8 Å². The SMILES string of the molecule is COc1cccc(NC(=O)COC(=O)C2CCC2)c1. The van der Waals surface area contributed by atoms with E-state index in [1.807, 2.05) is 0 Å². The summed E-state index contributed by atoms with van der Waals surface area (Å²) in [5.74, 6) is 0.0295. The smallest absolute Gasteiger partial charge is 0.309 e. The van der Waals surface area contributed by atoms with Crippen LogP contribution >= 0.6 is 0 Å². The van der Waals surface area contributed by atoms with Crippen molar-refractivity contribution in [1.82, 2.24) is 0 Å². The molecule has 1 N–H and O–H groups in total. The summed E-state index contributed by atoms with van der Waals surface area (Å²) in [4.78, 5) is 23.1. The van der Waals surface area contributed by atoms with Crippen LogP contribution in [0.5, 0.6) is 5.75 Å². The zero-order valence-electron chi connectivity index (χ0n) is 10.8. The number of esters is 1. The van der Waals surface area contributed by atoms with E-state index < -0.39 is 0 Å². The maximum atomic E-state index is 11.6. The molecule has 1 aliphatic rings. The molecule has 0 spiro atoms. The van der Waals surface area contributed by atoms with Gasteiger partial charge in [0.15, 0.2) is 6.61 Å². The minimum Gasteiger partial charge on any atom is -0.497 e. The van der Waals surface area contributed by atoms with E-state index in [1.165, 1.54) is 0 Å². The average molecular weight is 263 g/mol. The number of carbonyl (C=O) groups is 2. The number of ether oxygens (including phenoxy) is 2. The van der Waals surface area contributed by atoms with Crippen LogP contribution in [0, 0.1) is 5.92 Å². The molecule has 1 fully saturated rings. The standard InChI is InChI=1S/C14H17NO4/c1-18-12-7-3-6-11(8-12)15-13(16)9-19-14(17)10-4-2-5-10/h3,6-8,10H,2,4-5,9H2,1H3,(H,15,16). The molecule has 5 nitrogen and oxygen atoms in total. The summed E-state index contributed by atoms with van der Waals surface area (Å²) in [6, 6.07) is 7.00. The van der Waals surface area contributed by atoms with Gasteiger partial charge in [0, 0.05) is 11.8 Å². The molecule has 1 aromatic rings. The fraction of sp³-hybridized carbons (Fsp3) is 0.429. The van der Waals surface area contributed by atoms with Gasteiger partial charge in [0.1, 0.15) is 5.75 Å². The van der Waals surface area contributed by atoms with Gasteiger partial charge in [0.25, 0.3) is 5.91 Å². The van der Waals surface area contributed by atoms with Gasteiger partial charge in [-0.3, -0.25) is 9.59 Å². The molecule has 0 atom stereocenters. The molecule has 1 saturated carbocycles. The number of carbonyl (C=O) groups excluding carboxylic acids is 2. The molecule has 0 aromatic heterocycles. The van der Waals surface area contributed by atoms with Crippen LogP contribution in [0.4, 0.5) is 5.69 Å². The lowest BCUT2D eigenvalue weighted by Crippen LogP contribution is -2.28. The van der Waals surface area contributed by atoms with Gasteiger partial charge in [-0.2, -0.15) is 0 Å². The zero-order chi connectivity index (χ0) is 13.7. The molecule has 5 heteroatoms. The van der Waals surface area contributed by atoms with E-state index in [0.717, 1.165) is 19.3 Å². The maximum Gasteiger partial charge on any atom is 0.309 e. The van der Waals surface area contributed by atoms with Crippen LogP contribution in [0.25, 0.3) is 0 Å². The molecule has 0 radical (unpaired) electrons. The Morgan fingerprint density at radius 1 is 1.37 bits per heavy atom. The van der Waals surface area contributed by atoms with E-state index in [-0.39, 0.29) is 24.4 Å². The minimum atomic E-state index is -0.346. The minimum absolute atomic E-state index is 0.00961. The number of methoxy groups -OCH3 is 1. The third kappa shape index (κ3) is 3.71. The molecule has 1 aliphatic carbocycles. The van der Waals surface area contributed by atoms with Crippen molar-refractivity contribution >= 4 is 17.6 Å². The summed E-state index contributed by atoms with van der Waals surface area (Å²) in [5, 5.41) is 2.65. The van der Waals surface area contributed by atoms with Crippen molar-refractivity contribution < 1.29 is 19.1 Å². The maximum absolute atomic E-state index is 11.6. The predicted octanol–water partition coefficient (Wildman–Crippen LogP) is 1.98. The van der Waals surface area contributed by atoms with Crippen LogP contribution in [0.3, 0.4) is 0 Å². The van der Waals surface area contributed by atoms with E-state index in [2.05, 4.69) is 5.32 Å². The Morgan fingerprint density at radius 3 is 2.79 bits per heavy atom. The van der Waals surface area contributed by atoms with Crippen molar-refractivity contribution in [1.29, 1.82) is 0 Å². The van der Waals surface area contributed by atoms with Gasteiger partial charge in [0.05, 0.1) is 13.0 Å². The lowest BCUT2D eigenvalue weighted by Gasteiger charge is -2.22. The number of benzene rings is 1. The van der Waals surface area contributed by atoms with Gasteiger partial charge >= 0.3 is 5.97 Å². The Balaban J connectivity index is 1.78. The summed E-state index contributed by atoms with van der Waals surface area (Å²) in [5.41, 5.74) is 0.615. The molecule has 1 aromatic carbocycles. The highest BCUT2D eigenvalue weighted by molar-refractivity contribution is 5.93. The van der Waals surface area contributed by atoms with Crippen molar-refractivity contribution in [2.24, 2.45) is 5.92 Å². The first-order valence-corrected chi connectivity index (χ1v) is 6.29. The molecular formula is C14H17NO4. The van der Waals surface area contributed by atoms with E-state index >= 15 is 0 Å². The number of hydrogen-bond acceptors (Lipinski definition) is 4. The Kier molecular flexibility index (Phi) is 4.39. The monoisotopic (exact) mass is 263 g/mol. The van der Waals surface area contributed by atoms with Gasteiger partial charge in [0.2, 0.25) is 0 Å². The fourth-order valence-corrected chi connectivity index (χ4v) is 1.80. The first-order chi connectivity index (χ1) is 9.19. The Bertz CT molecular complexity index is 468. The molecule has 1 amide bonds. The van der Waals surface area contributed by atoms with Crippen molar-refractivity contribution in [3.05, 3.63) is 24.3 Å². The number of amides is 1. The lowest BCUT2D eigenvalue weighted by molar-refractivity contribution is -0.154. The van der Waals surface area contributed by atoms with Crippen molar-refractivity contribution in [2.75, 3.05) is 19.0 Å². The summed E-state index contributed by atoms with van der Waals surface area (Å²) in [7, 11) is 1.56. The van der Waals surface area contributed by atoms with Crippen LogP contribution in [0.1, 0.15) is 19.3 Å². The lowest BCUT2D eigenvalue weighted by atomic mass is 9.86. The van der Waals surface area contributed by atoms with Crippen molar-refractivity contribution in [3.8, 4) is 5.75 Å². The number of hydrogen-bond donors (Lipinski definition) is 1. The molecule has 102 valence electrons. The average Bonchev–Trinajstić information content (AvgIpc) is 2.34. The molecule has 19 heavy (non-hydrogen) atoms. The second-order valence-corrected chi connectivity index (χ2v) is 4.52. The molecule has 0 saturated heterocycles. The van der Waals surface area contributed by atoms with Crippen LogP contribution in [-0.2, 0) is 14.3 Å². The largest absolute Gasteiger partial charge is 0.497 e. The van der Waals surface area contributed by atoms with Gasteiger partial charge in [-0.25, -0.2) is 0 Å². The van der Waals surface area contributed by atoms with E-state index in [4.69, 9.17) is 9.47 Å². The highest BCUT2D eigenvalue weighted by atomic mass is 16.5. The second kappa shape index (κ2) is 6.22. The highest BCUT2D eigenvalue weighted by Gasteiger charge is 2.27. The van der Waals surface area contributed by atoms with E-state index in [0.29, 0.717) is 11.4 Å². The second-order valence-electron chi connectivity index (χ2n) is 4.52. The summed E-state index contributed by atoms with van der Waals surface area (Å²) < 4.78 is 10.0. The van der Waals surface area contributed by atoms with Crippen LogP contribution < -0.4 is 10.1 Å². The van der Waals surface area contributed by atoms with Crippen LogP contribution in [0.15, 0.2) is 24.3 Å². The molecule has 0 bridgehead atoms. The fourth-order valence-electron chi connectivity index (χ4n) is 1.80. The van der Waals surface area contributed by atoms with E-state index in [1.54, 1.807) is 31.4 Å². The highest BCUT2D eigenvalue weighted by Crippen LogP contribution is 2.27. The Labute approximate surface area is 111 Å². The molecule has 0 unspecified atom stereocenters. The number of anilines is 1. The first-order valence-electron chi connectivity index (χ1n) is 6.29. The number of nitrogens with one attached hydrogen (secondary N) is 1. The van der Waals surface area contributed by atoms with Gasteiger partial charge in [-0.1, -0.05) is 12.5 Å². The molecule has 0 heterocycles. The molecule has 0 aliphatic heterocycles. The van der Waals surface area contributed by atoms with E-state index in [9.17, 15) is 9.59 Å². The third-order valence-electron chi connectivity index (χ3n) is 3.14. The summed E-state index contributed by atoms with van der Waals surface area (Å²) in [6.07, 6.45) is 2.81. The normalized spacial score (nSPS) is 14.4. The quantitative estimate of drug-likeness (QED) is 0.825. The number of rotatable bonds is 5. The Hall–Kier alpha value is -2.04. The Morgan fingerprint density at radius 2 is 2.16 bits per heavy atom. The van der Waals surface area contributed by atoms with Crippen LogP contribution in [0.2, 0.25) is 0 Å². The zero-order valence-corrected chi connectivity index (χ0v) is 10.8. The summed E-state index contributed by atoms with van der Waals surface area (Å²) in [6.45, 7) is -0.244. The first kappa shape index (κ1) is 13.4. The predicted molar refractivity (Wildman–Crippen MR) is 69.9 cm³/mol. The summed E-state index contributed by atoms with van der Waals surface area (Å²) >= 11 is 0. The van der Waals surface area contributed by atoms with Crippen LogP contribution in [-0.4, -0.2) is 25.6 Å². The van der Waals surface area contributed by atoms with Gasteiger partial charge in [-0.05, 0) is 25.0 Å². The van der Waals surface area contributed by atoms with Crippen molar-refractivity contribution in [3.63, 3.8) is 0 Å². The molecular weight excluding hydrogens is 246 g/mol. The molecule has 2 rings (SSSR count). The topological polar surface area (TPSA) is 64.6 Å². The third-order valence-corrected chi connectivity index (χ3v) is 3.14. The van der Waals surface area contributed by atoms with Crippen molar-refractivity contribution in [2.45, 2.75) is 19.3 Å². The van der Waals surface area contributed by atoms with Gasteiger partial charge in [-0.15, -0.1) is 0 Å².